The van der Waals surface area contributed by atoms with E-state index in [9.17, 15) is 0 Å². The highest BCUT2D eigenvalue weighted by Gasteiger charge is 2.26. The van der Waals surface area contributed by atoms with Crippen LogP contribution in [0.2, 0.25) is 0 Å². The highest BCUT2D eigenvalue weighted by Crippen LogP contribution is 2.26. The molecule has 2 aromatic rings. The third-order valence-corrected chi connectivity index (χ3v) is 3.79. The third kappa shape index (κ3) is 3.24. The minimum absolute atomic E-state index is 0.216. The predicted molar refractivity (Wildman–Crippen MR) is 79.7 cm³/mol. The van der Waals surface area contributed by atoms with Gasteiger partial charge >= 0.3 is 0 Å². The third-order valence-electron chi connectivity index (χ3n) is 3.79. The SMILES string of the molecule is c1ccc(C(Cc2ccccn2)C2CNCCO2)cc1. The second kappa shape index (κ2) is 6.64. The number of ether oxygens (including phenoxy) is 1. The van der Waals surface area contributed by atoms with E-state index in [2.05, 4.69) is 46.7 Å². The van der Waals surface area contributed by atoms with E-state index in [1.807, 2.05) is 18.3 Å². The van der Waals surface area contributed by atoms with Gasteiger partial charge in [-0.2, -0.15) is 0 Å². The summed E-state index contributed by atoms with van der Waals surface area (Å²) in [4.78, 5) is 4.46. The first-order valence-electron chi connectivity index (χ1n) is 7.20. The second-order valence-corrected chi connectivity index (χ2v) is 5.16. The van der Waals surface area contributed by atoms with Crippen molar-refractivity contribution in [2.45, 2.75) is 18.4 Å². The van der Waals surface area contributed by atoms with Crippen LogP contribution in [0, 0.1) is 0 Å². The van der Waals surface area contributed by atoms with Gasteiger partial charge in [0.25, 0.3) is 0 Å². The summed E-state index contributed by atoms with van der Waals surface area (Å²) in [6.07, 6.45) is 2.99. The Morgan fingerprint density at radius 2 is 2.00 bits per heavy atom. The first kappa shape index (κ1) is 13.3. The van der Waals surface area contributed by atoms with Crippen molar-refractivity contribution in [3.8, 4) is 0 Å². The van der Waals surface area contributed by atoms with Crippen molar-refractivity contribution in [2.24, 2.45) is 0 Å². The fourth-order valence-electron chi connectivity index (χ4n) is 2.75. The lowest BCUT2D eigenvalue weighted by atomic mass is 9.88. The first-order chi connectivity index (χ1) is 9.93. The smallest absolute Gasteiger partial charge is 0.0772 e. The van der Waals surface area contributed by atoms with E-state index in [1.54, 1.807) is 0 Å². The van der Waals surface area contributed by atoms with E-state index in [-0.39, 0.29) is 6.10 Å². The Labute approximate surface area is 120 Å². The van der Waals surface area contributed by atoms with Gasteiger partial charge in [0.2, 0.25) is 0 Å². The number of benzene rings is 1. The van der Waals surface area contributed by atoms with Crippen LogP contribution < -0.4 is 5.32 Å². The number of hydrogen-bond acceptors (Lipinski definition) is 3. The Balaban J connectivity index is 1.83. The zero-order chi connectivity index (χ0) is 13.6. The van der Waals surface area contributed by atoms with Crippen LogP contribution in [0.3, 0.4) is 0 Å². The van der Waals surface area contributed by atoms with Gasteiger partial charge in [0.05, 0.1) is 12.7 Å². The van der Waals surface area contributed by atoms with E-state index in [1.165, 1.54) is 5.56 Å². The number of morpholine rings is 1. The normalized spacial score (nSPS) is 20.5. The van der Waals surface area contributed by atoms with Crippen LogP contribution in [0.25, 0.3) is 0 Å². The van der Waals surface area contributed by atoms with Crippen LogP contribution in [-0.4, -0.2) is 30.8 Å². The van der Waals surface area contributed by atoms with Gasteiger partial charge in [0.15, 0.2) is 0 Å². The number of pyridine rings is 1. The van der Waals surface area contributed by atoms with Crippen molar-refractivity contribution >= 4 is 0 Å². The molecule has 1 aliphatic heterocycles. The van der Waals surface area contributed by atoms with Crippen LogP contribution in [0.5, 0.6) is 0 Å². The summed E-state index contributed by atoms with van der Waals surface area (Å²) in [6.45, 7) is 2.64. The summed E-state index contributed by atoms with van der Waals surface area (Å²) in [6, 6.07) is 16.7. The molecule has 0 radical (unpaired) electrons. The Morgan fingerprint density at radius 3 is 2.70 bits per heavy atom. The molecule has 3 heteroatoms. The first-order valence-corrected chi connectivity index (χ1v) is 7.20. The van der Waals surface area contributed by atoms with Gasteiger partial charge in [-0.15, -0.1) is 0 Å². The van der Waals surface area contributed by atoms with Crippen LogP contribution >= 0.6 is 0 Å². The molecule has 0 amide bonds. The largest absolute Gasteiger partial charge is 0.375 e. The van der Waals surface area contributed by atoms with Crippen molar-refractivity contribution < 1.29 is 4.74 Å². The molecule has 1 N–H and O–H groups in total. The van der Waals surface area contributed by atoms with Crippen LogP contribution in [0.1, 0.15) is 17.2 Å². The minimum Gasteiger partial charge on any atom is -0.375 e. The van der Waals surface area contributed by atoms with Gasteiger partial charge in [-0.1, -0.05) is 36.4 Å². The van der Waals surface area contributed by atoms with Crippen molar-refractivity contribution in [2.75, 3.05) is 19.7 Å². The van der Waals surface area contributed by atoms with Gasteiger partial charge in [0, 0.05) is 30.9 Å². The second-order valence-electron chi connectivity index (χ2n) is 5.16. The lowest BCUT2D eigenvalue weighted by Crippen LogP contribution is -2.42. The maximum absolute atomic E-state index is 5.98. The molecule has 0 bridgehead atoms. The van der Waals surface area contributed by atoms with Crippen LogP contribution in [-0.2, 0) is 11.2 Å². The zero-order valence-electron chi connectivity index (χ0n) is 11.5. The number of nitrogens with one attached hydrogen (secondary N) is 1. The molecule has 2 unspecified atom stereocenters. The summed E-state index contributed by atoms with van der Waals surface area (Å²) in [5.41, 5.74) is 2.45. The maximum atomic E-state index is 5.98. The van der Waals surface area contributed by atoms with Gasteiger partial charge in [-0.3, -0.25) is 4.98 Å². The Hall–Kier alpha value is -1.71. The zero-order valence-corrected chi connectivity index (χ0v) is 11.5. The van der Waals surface area contributed by atoms with Crippen LogP contribution in [0.15, 0.2) is 54.7 Å². The molecule has 1 aliphatic rings. The quantitative estimate of drug-likeness (QED) is 0.924. The number of nitrogens with zero attached hydrogens (tertiary/aromatic N) is 1. The number of rotatable bonds is 4. The molecule has 2 heterocycles. The van der Waals surface area contributed by atoms with Gasteiger partial charge < -0.3 is 10.1 Å². The Morgan fingerprint density at radius 1 is 1.15 bits per heavy atom. The lowest BCUT2D eigenvalue weighted by Gasteiger charge is -2.31. The molecule has 1 aromatic carbocycles. The number of hydrogen-bond donors (Lipinski definition) is 1. The lowest BCUT2D eigenvalue weighted by molar-refractivity contribution is 0.0108. The van der Waals surface area contributed by atoms with E-state index in [0.29, 0.717) is 5.92 Å². The molecule has 1 fully saturated rings. The highest BCUT2D eigenvalue weighted by molar-refractivity contribution is 5.23. The van der Waals surface area contributed by atoms with Crippen molar-refractivity contribution in [1.82, 2.24) is 10.3 Å². The minimum atomic E-state index is 0.216. The summed E-state index contributed by atoms with van der Waals surface area (Å²) < 4.78 is 5.98. The predicted octanol–water partition coefficient (Wildman–Crippen LogP) is 2.40. The van der Waals surface area contributed by atoms with Crippen LogP contribution in [0.4, 0.5) is 0 Å². The molecule has 20 heavy (non-hydrogen) atoms. The summed E-state index contributed by atoms with van der Waals surface area (Å²) in [7, 11) is 0. The molecular weight excluding hydrogens is 248 g/mol. The van der Waals surface area contributed by atoms with E-state index >= 15 is 0 Å². The summed E-state index contributed by atoms with van der Waals surface area (Å²) >= 11 is 0. The standard InChI is InChI=1S/C17H20N2O/c1-2-6-14(7-3-1)16(17-13-18-10-11-20-17)12-15-8-4-5-9-19-15/h1-9,16-18H,10-13H2. The number of aromatic nitrogens is 1. The molecule has 1 saturated heterocycles. The Kier molecular flexibility index (Phi) is 4.41. The molecular formula is C17H20N2O. The Bertz CT molecular complexity index is 509. The molecule has 0 spiro atoms. The molecule has 3 nitrogen and oxygen atoms in total. The van der Waals surface area contributed by atoms with Crippen molar-refractivity contribution in [3.63, 3.8) is 0 Å². The van der Waals surface area contributed by atoms with E-state index in [0.717, 1.165) is 31.8 Å². The molecule has 0 saturated carbocycles. The monoisotopic (exact) mass is 268 g/mol. The van der Waals surface area contributed by atoms with Gasteiger partial charge in [-0.25, -0.2) is 0 Å². The summed E-state index contributed by atoms with van der Waals surface area (Å²) in [5, 5.41) is 3.43. The summed E-state index contributed by atoms with van der Waals surface area (Å²) in [5.74, 6) is 0.346. The van der Waals surface area contributed by atoms with Gasteiger partial charge in [0.1, 0.15) is 0 Å². The topological polar surface area (TPSA) is 34.2 Å². The van der Waals surface area contributed by atoms with E-state index in [4.69, 9.17) is 4.74 Å². The molecule has 0 aliphatic carbocycles. The van der Waals surface area contributed by atoms with Crippen molar-refractivity contribution in [3.05, 3.63) is 66.0 Å². The average Bonchev–Trinajstić information content (AvgIpc) is 2.55. The average molecular weight is 268 g/mol. The van der Waals surface area contributed by atoms with E-state index < -0.39 is 0 Å². The molecule has 104 valence electrons. The van der Waals surface area contributed by atoms with Gasteiger partial charge in [-0.05, 0) is 24.1 Å². The molecule has 2 atom stereocenters. The fraction of sp³-hybridized carbons (Fsp3) is 0.353. The molecule has 1 aromatic heterocycles. The van der Waals surface area contributed by atoms with Crippen molar-refractivity contribution in [1.29, 1.82) is 0 Å². The highest BCUT2D eigenvalue weighted by atomic mass is 16.5. The molecule has 3 rings (SSSR count). The fourth-order valence-corrected chi connectivity index (χ4v) is 2.75. The maximum Gasteiger partial charge on any atom is 0.0772 e.